The minimum atomic E-state index is 0.139. The first-order chi connectivity index (χ1) is 9.19. The number of carbonyl (C=O) groups is 1. The SMILES string of the molecule is COc1ccnc(CN(C)C(=O)CC2CCOC2)c1. The van der Waals surface area contributed by atoms with E-state index in [1.54, 1.807) is 31.3 Å². The van der Waals surface area contributed by atoms with Crippen LogP contribution in [0, 0.1) is 5.92 Å². The molecule has 1 aromatic heterocycles. The molecule has 1 amide bonds. The van der Waals surface area contributed by atoms with E-state index in [0.717, 1.165) is 24.5 Å². The monoisotopic (exact) mass is 264 g/mol. The minimum Gasteiger partial charge on any atom is -0.497 e. The van der Waals surface area contributed by atoms with Gasteiger partial charge in [-0.3, -0.25) is 9.78 Å². The fraction of sp³-hybridized carbons (Fsp3) is 0.571. The number of methoxy groups -OCH3 is 1. The largest absolute Gasteiger partial charge is 0.497 e. The second kappa shape index (κ2) is 6.52. The van der Waals surface area contributed by atoms with Crippen LogP contribution in [0.15, 0.2) is 18.3 Å². The lowest BCUT2D eigenvalue weighted by atomic mass is 10.0. The van der Waals surface area contributed by atoms with E-state index >= 15 is 0 Å². The fourth-order valence-corrected chi connectivity index (χ4v) is 2.15. The number of nitrogens with zero attached hydrogens (tertiary/aromatic N) is 2. The highest BCUT2D eigenvalue weighted by Gasteiger charge is 2.21. The van der Waals surface area contributed by atoms with Crippen LogP contribution < -0.4 is 4.74 Å². The van der Waals surface area contributed by atoms with Crippen molar-refractivity contribution >= 4 is 5.91 Å². The van der Waals surface area contributed by atoms with Gasteiger partial charge in [0.2, 0.25) is 5.91 Å². The molecule has 1 aromatic rings. The molecule has 0 aliphatic carbocycles. The number of carbonyl (C=O) groups excluding carboxylic acids is 1. The van der Waals surface area contributed by atoms with Crippen molar-refractivity contribution in [1.82, 2.24) is 9.88 Å². The zero-order valence-electron chi connectivity index (χ0n) is 11.5. The third kappa shape index (κ3) is 3.92. The Morgan fingerprint density at radius 3 is 3.16 bits per heavy atom. The van der Waals surface area contributed by atoms with Gasteiger partial charge in [-0.1, -0.05) is 0 Å². The summed E-state index contributed by atoms with van der Waals surface area (Å²) in [5.41, 5.74) is 0.831. The van der Waals surface area contributed by atoms with Crippen molar-refractivity contribution in [2.24, 2.45) is 5.92 Å². The predicted molar refractivity (Wildman–Crippen MR) is 70.8 cm³/mol. The van der Waals surface area contributed by atoms with Crippen LogP contribution in [0.4, 0.5) is 0 Å². The molecule has 5 heteroatoms. The summed E-state index contributed by atoms with van der Waals surface area (Å²) in [7, 11) is 3.42. The molecule has 0 aromatic carbocycles. The molecule has 1 unspecified atom stereocenters. The molecule has 0 bridgehead atoms. The van der Waals surface area contributed by atoms with Crippen LogP contribution in [-0.4, -0.2) is 43.2 Å². The highest BCUT2D eigenvalue weighted by atomic mass is 16.5. The zero-order chi connectivity index (χ0) is 13.7. The van der Waals surface area contributed by atoms with E-state index in [1.807, 2.05) is 6.07 Å². The number of ether oxygens (including phenoxy) is 2. The van der Waals surface area contributed by atoms with E-state index in [4.69, 9.17) is 9.47 Å². The second-order valence-electron chi connectivity index (χ2n) is 4.87. The van der Waals surface area contributed by atoms with E-state index in [2.05, 4.69) is 4.98 Å². The van der Waals surface area contributed by atoms with E-state index in [9.17, 15) is 4.79 Å². The summed E-state index contributed by atoms with van der Waals surface area (Å²) in [6.45, 7) is 1.99. The fourth-order valence-electron chi connectivity index (χ4n) is 2.15. The summed E-state index contributed by atoms with van der Waals surface area (Å²) in [5.74, 6) is 1.27. The van der Waals surface area contributed by atoms with Crippen molar-refractivity contribution < 1.29 is 14.3 Å². The summed E-state index contributed by atoms with van der Waals surface area (Å²) < 4.78 is 10.4. The van der Waals surface area contributed by atoms with Crippen LogP contribution >= 0.6 is 0 Å². The molecule has 19 heavy (non-hydrogen) atoms. The third-order valence-electron chi connectivity index (χ3n) is 3.34. The standard InChI is InChI=1S/C14H20N2O3/c1-16(14(17)7-11-4-6-19-10-11)9-12-8-13(18-2)3-5-15-12/h3,5,8,11H,4,6-7,9-10H2,1-2H3. The van der Waals surface area contributed by atoms with Gasteiger partial charge in [0.25, 0.3) is 0 Å². The molecule has 2 rings (SSSR count). The van der Waals surface area contributed by atoms with Gasteiger partial charge >= 0.3 is 0 Å². The van der Waals surface area contributed by atoms with E-state index in [0.29, 0.717) is 25.5 Å². The Labute approximate surface area is 113 Å². The van der Waals surface area contributed by atoms with E-state index in [-0.39, 0.29) is 5.91 Å². The number of pyridine rings is 1. The van der Waals surface area contributed by atoms with Crippen molar-refractivity contribution in [3.63, 3.8) is 0 Å². The van der Waals surface area contributed by atoms with Crippen molar-refractivity contribution in [3.05, 3.63) is 24.0 Å². The van der Waals surface area contributed by atoms with E-state index in [1.165, 1.54) is 0 Å². The molecule has 1 aliphatic heterocycles. The maximum atomic E-state index is 12.1. The Balaban J connectivity index is 1.88. The molecular weight excluding hydrogens is 244 g/mol. The van der Waals surface area contributed by atoms with E-state index < -0.39 is 0 Å². The van der Waals surface area contributed by atoms with Gasteiger partial charge in [-0.25, -0.2) is 0 Å². The molecule has 0 N–H and O–H groups in total. The summed E-state index contributed by atoms with van der Waals surface area (Å²) in [6.07, 6.45) is 3.23. The van der Waals surface area contributed by atoms with Gasteiger partial charge in [-0.2, -0.15) is 0 Å². The topological polar surface area (TPSA) is 51.7 Å². The molecule has 1 saturated heterocycles. The molecule has 2 heterocycles. The van der Waals surface area contributed by atoms with Gasteiger partial charge in [-0.05, 0) is 18.4 Å². The van der Waals surface area contributed by atoms with Gasteiger partial charge in [-0.15, -0.1) is 0 Å². The molecule has 104 valence electrons. The van der Waals surface area contributed by atoms with Gasteiger partial charge in [0.15, 0.2) is 0 Å². The predicted octanol–water partition coefficient (Wildman–Crippen LogP) is 1.48. The zero-order valence-corrected chi connectivity index (χ0v) is 11.5. The number of aromatic nitrogens is 1. The first-order valence-electron chi connectivity index (χ1n) is 6.49. The maximum Gasteiger partial charge on any atom is 0.223 e. The van der Waals surface area contributed by atoms with Gasteiger partial charge < -0.3 is 14.4 Å². The summed E-state index contributed by atoms with van der Waals surface area (Å²) in [4.78, 5) is 18.0. The Kier molecular flexibility index (Phi) is 4.74. The molecular formula is C14H20N2O3. The smallest absolute Gasteiger partial charge is 0.223 e. The van der Waals surface area contributed by atoms with Crippen LogP contribution in [0.5, 0.6) is 5.75 Å². The quantitative estimate of drug-likeness (QED) is 0.808. The van der Waals surface area contributed by atoms with Gasteiger partial charge in [0.05, 0.1) is 19.3 Å². The Morgan fingerprint density at radius 2 is 2.47 bits per heavy atom. The summed E-state index contributed by atoms with van der Waals surface area (Å²) in [5, 5.41) is 0. The van der Waals surface area contributed by atoms with Gasteiger partial charge in [0.1, 0.15) is 5.75 Å². The number of hydrogen-bond donors (Lipinski definition) is 0. The minimum absolute atomic E-state index is 0.139. The lowest BCUT2D eigenvalue weighted by molar-refractivity contribution is -0.131. The Bertz CT molecular complexity index is 430. The molecule has 0 radical (unpaired) electrons. The Morgan fingerprint density at radius 1 is 1.63 bits per heavy atom. The highest BCUT2D eigenvalue weighted by molar-refractivity contribution is 5.76. The molecule has 1 fully saturated rings. The summed E-state index contributed by atoms with van der Waals surface area (Å²) >= 11 is 0. The number of rotatable bonds is 5. The van der Waals surface area contributed by atoms with Crippen LogP contribution in [0.1, 0.15) is 18.5 Å². The number of hydrogen-bond acceptors (Lipinski definition) is 4. The average molecular weight is 264 g/mol. The normalized spacial score (nSPS) is 18.3. The first kappa shape index (κ1) is 13.8. The molecule has 1 aliphatic rings. The Hall–Kier alpha value is -1.62. The lowest BCUT2D eigenvalue weighted by Crippen LogP contribution is -2.28. The van der Waals surface area contributed by atoms with Crippen molar-refractivity contribution in [2.75, 3.05) is 27.4 Å². The van der Waals surface area contributed by atoms with Crippen molar-refractivity contribution in [3.8, 4) is 5.75 Å². The number of amides is 1. The van der Waals surface area contributed by atoms with Crippen molar-refractivity contribution in [1.29, 1.82) is 0 Å². The molecule has 0 saturated carbocycles. The highest BCUT2D eigenvalue weighted by Crippen LogP contribution is 2.18. The third-order valence-corrected chi connectivity index (χ3v) is 3.34. The lowest BCUT2D eigenvalue weighted by Gasteiger charge is -2.18. The van der Waals surface area contributed by atoms with Gasteiger partial charge in [0, 0.05) is 38.9 Å². The van der Waals surface area contributed by atoms with Crippen molar-refractivity contribution in [2.45, 2.75) is 19.4 Å². The van der Waals surface area contributed by atoms with Crippen LogP contribution in [0.3, 0.4) is 0 Å². The van der Waals surface area contributed by atoms with Crippen LogP contribution in [0.2, 0.25) is 0 Å². The molecule has 1 atom stereocenters. The maximum absolute atomic E-state index is 12.1. The average Bonchev–Trinajstić information content (AvgIpc) is 2.91. The second-order valence-corrected chi connectivity index (χ2v) is 4.87. The first-order valence-corrected chi connectivity index (χ1v) is 6.49. The summed E-state index contributed by atoms with van der Waals surface area (Å²) in [6, 6.07) is 3.64. The van der Waals surface area contributed by atoms with Crippen LogP contribution in [0.25, 0.3) is 0 Å². The molecule has 5 nitrogen and oxygen atoms in total. The van der Waals surface area contributed by atoms with Crippen LogP contribution in [-0.2, 0) is 16.1 Å². The molecule has 0 spiro atoms.